The van der Waals surface area contributed by atoms with E-state index in [1.807, 2.05) is 25.4 Å². The second-order valence-corrected chi connectivity index (χ2v) is 9.40. The third-order valence-corrected chi connectivity index (χ3v) is 7.01. The van der Waals surface area contributed by atoms with Gasteiger partial charge in [0.15, 0.2) is 5.65 Å². The van der Waals surface area contributed by atoms with Crippen molar-refractivity contribution in [2.24, 2.45) is 0 Å². The van der Waals surface area contributed by atoms with E-state index in [-0.39, 0.29) is 11.9 Å². The molecule has 1 amide bonds. The highest BCUT2D eigenvalue weighted by Crippen LogP contribution is 2.40. The van der Waals surface area contributed by atoms with Gasteiger partial charge in [0.25, 0.3) is 5.91 Å². The highest BCUT2D eigenvalue weighted by molar-refractivity contribution is 6.01. The molecule has 2 atom stereocenters. The minimum atomic E-state index is -0.898. The van der Waals surface area contributed by atoms with Crippen molar-refractivity contribution in [3.05, 3.63) is 42.4 Å². The van der Waals surface area contributed by atoms with Crippen LogP contribution in [0.5, 0.6) is 0 Å². The molecule has 4 aromatic rings. The van der Waals surface area contributed by atoms with Gasteiger partial charge in [-0.1, -0.05) is 0 Å². The number of fused-ring (bicyclic) bond motifs is 2. The van der Waals surface area contributed by atoms with Gasteiger partial charge in [0.1, 0.15) is 17.0 Å². The van der Waals surface area contributed by atoms with E-state index in [2.05, 4.69) is 37.5 Å². The maximum absolute atomic E-state index is 13.2. The van der Waals surface area contributed by atoms with E-state index in [1.54, 1.807) is 17.6 Å². The highest BCUT2D eigenvalue weighted by Gasteiger charge is 2.38. The summed E-state index contributed by atoms with van der Waals surface area (Å²) in [5.74, 6) is 0.462. The van der Waals surface area contributed by atoms with E-state index in [0.29, 0.717) is 23.7 Å². The summed E-state index contributed by atoms with van der Waals surface area (Å²) in [5.41, 5.74) is 2.66. The molecule has 0 aliphatic heterocycles. The van der Waals surface area contributed by atoms with Crippen LogP contribution in [0.2, 0.25) is 0 Å². The molecule has 4 heterocycles. The summed E-state index contributed by atoms with van der Waals surface area (Å²) in [6.07, 6.45) is 10.1. The van der Waals surface area contributed by atoms with Gasteiger partial charge in [0.2, 0.25) is 0 Å². The molecule has 0 spiro atoms. The van der Waals surface area contributed by atoms with Gasteiger partial charge in [-0.2, -0.15) is 9.61 Å². The summed E-state index contributed by atoms with van der Waals surface area (Å²) in [5, 5.41) is 22.2. The van der Waals surface area contributed by atoms with Crippen LogP contribution in [0, 0.1) is 0 Å². The number of pyridine rings is 1. The second kappa shape index (κ2) is 7.28. The molecular weight excluding hydrogens is 418 g/mol. The molecule has 4 aromatic heterocycles. The van der Waals surface area contributed by atoms with Gasteiger partial charge in [0.05, 0.1) is 23.5 Å². The Bertz CT molecular complexity index is 1380. The van der Waals surface area contributed by atoms with Gasteiger partial charge in [-0.15, -0.1) is 0 Å². The van der Waals surface area contributed by atoms with E-state index in [4.69, 9.17) is 4.98 Å². The number of nitrogens with zero attached hydrogens (tertiary/aromatic N) is 5. The van der Waals surface area contributed by atoms with Crippen molar-refractivity contribution < 1.29 is 9.90 Å². The SMILES string of the molecule is CNc1cc(-c2cn(C3CC3)c3ncccc23)nc2c(C(=O)N[C@@H]3CCC[C@@]3(C)O)cnn12. The van der Waals surface area contributed by atoms with Gasteiger partial charge in [-0.3, -0.25) is 4.79 Å². The molecule has 0 saturated heterocycles. The van der Waals surface area contributed by atoms with Crippen molar-refractivity contribution in [2.45, 2.75) is 56.7 Å². The molecule has 0 unspecified atom stereocenters. The first-order valence-electron chi connectivity index (χ1n) is 11.5. The number of hydrogen-bond donors (Lipinski definition) is 3. The summed E-state index contributed by atoms with van der Waals surface area (Å²) >= 11 is 0. The molecule has 2 aliphatic rings. The quantitative estimate of drug-likeness (QED) is 0.435. The number of hydrogen-bond acceptors (Lipinski definition) is 6. The first-order chi connectivity index (χ1) is 16.0. The van der Waals surface area contributed by atoms with Crippen LogP contribution >= 0.6 is 0 Å². The van der Waals surface area contributed by atoms with Crippen molar-refractivity contribution in [3.8, 4) is 11.3 Å². The molecule has 0 radical (unpaired) electrons. The van der Waals surface area contributed by atoms with Crippen LogP contribution in [-0.2, 0) is 0 Å². The molecule has 2 aliphatic carbocycles. The average Bonchev–Trinajstić information content (AvgIpc) is 3.30. The van der Waals surface area contributed by atoms with E-state index in [0.717, 1.165) is 53.8 Å². The largest absolute Gasteiger partial charge is 0.388 e. The molecule has 9 heteroatoms. The molecular formula is C24H27N7O2. The number of anilines is 1. The highest BCUT2D eigenvalue weighted by atomic mass is 16.3. The predicted molar refractivity (Wildman–Crippen MR) is 125 cm³/mol. The van der Waals surface area contributed by atoms with Gasteiger partial charge in [-0.05, 0) is 51.2 Å². The zero-order chi connectivity index (χ0) is 22.7. The lowest BCUT2D eigenvalue weighted by molar-refractivity contribution is 0.0368. The first-order valence-corrected chi connectivity index (χ1v) is 11.5. The van der Waals surface area contributed by atoms with Crippen molar-refractivity contribution in [2.75, 3.05) is 12.4 Å². The predicted octanol–water partition coefficient (Wildman–Crippen LogP) is 3.16. The van der Waals surface area contributed by atoms with Crippen LogP contribution in [0.3, 0.4) is 0 Å². The molecule has 9 nitrogen and oxygen atoms in total. The Morgan fingerprint density at radius 2 is 2.12 bits per heavy atom. The summed E-state index contributed by atoms with van der Waals surface area (Å²) in [4.78, 5) is 22.7. The summed E-state index contributed by atoms with van der Waals surface area (Å²) < 4.78 is 3.88. The van der Waals surface area contributed by atoms with Crippen molar-refractivity contribution in [1.82, 2.24) is 29.5 Å². The van der Waals surface area contributed by atoms with Gasteiger partial charge in [0, 0.05) is 42.5 Å². The fourth-order valence-corrected chi connectivity index (χ4v) is 4.97. The van der Waals surface area contributed by atoms with Crippen LogP contribution in [0.25, 0.3) is 27.9 Å². The lowest BCUT2D eigenvalue weighted by Crippen LogP contribution is -2.47. The Morgan fingerprint density at radius 1 is 1.27 bits per heavy atom. The lowest BCUT2D eigenvalue weighted by atomic mass is 10.0. The monoisotopic (exact) mass is 445 g/mol. The summed E-state index contributed by atoms with van der Waals surface area (Å²) in [6, 6.07) is 6.15. The number of nitrogens with one attached hydrogen (secondary N) is 2. The molecule has 2 saturated carbocycles. The minimum absolute atomic E-state index is 0.272. The van der Waals surface area contributed by atoms with Crippen LogP contribution in [0.1, 0.15) is 55.4 Å². The summed E-state index contributed by atoms with van der Waals surface area (Å²) in [7, 11) is 1.82. The number of rotatable bonds is 5. The fraction of sp³-hybridized carbons (Fsp3) is 0.417. The Morgan fingerprint density at radius 3 is 2.85 bits per heavy atom. The van der Waals surface area contributed by atoms with Crippen molar-refractivity contribution >= 4 is 28.4 Å². The average molecular weight is 446 g/mol. The van der Waals surface area contributed by atoms with E-state index in [1.165, 1.54) is 0 Å². The molecule has 6 rings (SSSR count). The van der Waals surface area contributed by atoms with Crippen LogP contribution in [0.4, 0.5) is 5.82 Å². The molecule has 0 bridgehead atoms. The Hall–Kier alpha value is -3.46. The van der Waals surface area contributed by atoms with Crippen molar-refractivity contribution in [3.63, 3.8) is 0 Å². The number of aromatic nitrogens is 5. The zero-order valence-corrected chi connectivity index (χ0v) is 18.7. The van der Waals surface area contributed by atoms with Crippen molar-refractivity contribution in [1.29, 1.82) is 0 Å². The van der Waals surface area contributed by atoms with E-state index in [9.17, 15) is 9.90 Å². The van der Waals surface area contributed by atoms with Crippen LogP contribution in [-0.4, -0.2) is 53.9 Å². The van der Waals surface area contributed by atoms with Crippen LogP contribution < -0.4 is 10.6 Å². The molecule has 33 heavy (non-hydrogen) atoms. The Labute approximate surface area is 190 Å². The first kappa shape index (κ1) is 20.2. The summed E-state index contributed by atoms with van der Waals surface area (Å²) in [6.45, 7) is 1.78. The zero-order valence-electron chi connectivity index (χ0n) is 18.7. The second-order valence-electron chi connectivity index (χ2n) is 9.40. The molecule has 2 fully saturated rings. The fourth-order valence-electron chi connectivity index (χ4n) is 4.97. The number of aliphatic hydroxyl groups is 1. The van der Waals surface area contributed by atoms with E-state index >= 15 is 0 Å². The number of amides is 1. The molecule has 3 N–H and O–H groups in total. The third-order valence-electron chi connectivity index (χ3n) is 7.01. The van der Waals surface area contributed by atoms with Gasteiger partial charge in [-0.25, -0.2) is 9.97 Å². The Kier molecular flexibility index (Phi) is 4.45. The molecule has 170 valence electrons. The molecule has 0 aromatic carbocycles. The number of carbonyl (C=O) groups is 1. The smallest absolute Gasteiger partial charge is 0.257 e. The Balaban J connectivity index is 1.46. The van der Waals surface area contributed by atoms with Crippen LogP contribution in [0.15, 0.2) is 36.8 Å². The van der Waals surface area contributed by atoms with E-state index < -0.39 is 5.60 Å². The minimum Gasteiger partial charge on any atom is -0.388 e. The maximum Gasteiger partial charge on any atom is 0.257 e. The topological polar surface area (TPSA) is 109 Å². The lowest BCUT2D eigenvalue weighted by Gasteiger charge is -2.26. The number of carbonyl (C=O) groups excluding carboxylic acids is 1. The van der Waals surface area contributed by atoms with Gasteiger partial charge >= 0.3 is 0 Å². The normalized spacial score (nSPS) is 22.8. The third kappa shape index (κ3) is 3.26. The van der Waals surface area contributed by atoms with Gasteiger partial charge < -0.3 is 20.3 Å². The standard InChI is InChI=1S/C24H27N7O2/c1-24(33)9-3-6-19(24)29-23(32)16-12-27-31-20(25-2)11-18(28-22(16)31)17-13-30(14-7-8-14)21-15(17)5-4-10-26-21/h4-5,10-14,19,25,33H,3,6-9H2,1-2H3,(H,29,32)/t19-,24-/m1/s1. The maximum atomic E-state index is 13.2.